The molecule has 0 amide bonds. The summed E-state index contributed by atoms with van der Waals surface area (Å²) < 4.78 is 27.3. The predicted molar refractivity (Wildman–Crippen MR) is 37.1 cm³/mol. The molecule has 0 bridgehead atoms. The van der Waals surface area contributed by atoms with E-state index in [1.807, 2.05) is 6.92 Å². The third kappa shape index (κ3) is 2.56. The van der Waals surface area contributed by atoms with Gasteiger partial charge in [0.2, 0.25) is 0 Å². The molecule has 1 rings (SSSR count). The first-order valence-corrected chi connectivity index (χ1v) is 3.25. The summed E-state index contributed by atoms with van der Waals surface area (Å²) in [5.41, 5.74) is 3.82. The van der Waals surface area contributed by atoms with Gasteiger partial charge in [-0.15, -0.1) is 5.73 Å². The largest absolute Gasteiger partial charge is 0.435 e. The van der Waals surface area contributed by atoms with E-state index in [9.17, 15) is 8.78 Å². The van der Waals surface area contributed by atoms with Gasteiger partial charge in [0, 0.05) is 6.08 Å². The van der Waals surface area contributed by atoms with Crippen molar-refractivity contribution >= 4 is 0 Å². The van der Waals surface area contributed by atoms with E-state index in [2.05, 4.69) is 10.5 Å². The standard InChI is InChI=1S/C8H8F2O/c1-6-2-4-7(5-3-6)11-8(9)10/h4-5,8H,2H2,1H3. The Morgan fingerprint density at radius 1 is 1.64 bits per heavy atom. The van der Waals surface area contributed by atoms with Crippen LogP contribution in [0, 0.1) is 0 Å². The molecular weight excluding hydrogens is 150 g/mol. The summed E-state index contributed by atoms with van der Waals surface area (Å²) in [6.45, 7) is -0.857. The zero-order valence-electron chi connectivity index (χ0n) is 6.10. The molecule has 11 heavy (non-hydrogen) atoms. The van der Waals surface area contributed by atoms with Crippen LogP contribution in [0.4, 0.5) is 8.78 Å². The third-order valence-corrected chi connectivity index (χ3v) is 1.30. The maximum atomic E-state index is 11.6. The van der Waals surface area contributed by atoms with Crippen LogP contribution < -0.4 is 0 Å². The number of ether oxygens (including phenoxy) is 1. The quantitative estimate of drug-likeness (QED) is 0.561. The molecule has 3 heteroatoms. The second-order valence-corrected chi connectivity index (χ2v) is 2.26. The van der Waals surface area contributed by atoms with Crippen molar-refractivity contribution in [3.8, 4) is 0 Å². The number of rotatable bonds is 2. The summed E-state index contributed by atoms with van der Waals surface area (Å²) in [5, 5.41) is 0. The Morgan fingerprint density at radius 3 is 2.82 bits per heavy atom. The lowest BCUT2D eigenvalue weighted by atomic mass is 10.1. The highest BCUT2D eigenvalue weighted by Crippen LogP contribution is 2.14. The van der Waals surface area contributed by atoms with Gasteiger partial charge in [-0.3, -0.25) is 0 Å². The first-order chi connectivity index (χ1) is 5.18. The zero-order chi connectivity index (χ0) is 8.27. The van der Waals surface area contributed by atoms with Crippen LogP contribution >= 0.6 is 0 Å². The van der Waals surface area contributed by atoms with Gasteiger partial charge in [0.05, 0.1) is 0 Å². The third-order valence-electron chi connectivity index (χ3n) is 1.30. The Balaban J connectivity index is 2.57. The number of hydrogen-bond donors (Lipinski definition) is 0. The molecule has 0 spiro atoms. The van der Waals surface area contributed by atoms with Crippen molar-refractivity contribution in [1.29, 1.82) is 0 Å². The van der Waals surface area contributed by atoms with E-state index in [0.29, 0.717) is 6.42 Å². The Hall–Kier alpha value is -1.08. The molecule has 1 aliphatic rings. The van der Waals surface area contributed by atoms with Gasteiger partial charge >= 0.3 is 6.61 Å². The molecule has 0 radical (unpaired) electrons. The van der Waals surface area contributed by atoms with Crippen molar-refractivity contribution in [3.63, 3.8) is 0 Å². The molecule has 0 heterocycles. The molecule has 0 aliphatic heterocycles. The molecule has 0 saturated carbocycles. The van der Waals surface area contributed by atoms with Crippen molar-refractivity contribution in [2.24, 2.45) is 0 Å². The molecule has 1 nitrogen and oxygen atoms in total. The number of allylic oxidation sites excluding steroid dienone is 2. The summed E-state index contributed by atoms with van der Waals surface area (Å²) in [6, 6.07) is 0. The fourth-order valence-electron chi connectivity index (χ4n) is 0.751. The molecule has 0 saturated heterocycles. The van der Waals surface area contributed by atoms with E-state index in [0.717, 1.165) is 5.57 Å². The normalized spacial score (nSPS) is 16.4. The van der Waals surface area contributed by atoms with Crippen LogP contribution in [0.25, 0.3) is 0 Å². The highest BCUT2D eigenvalue weighted by molar-refractivity contribution is 5.21. The number of halogens is 2. The molecule has 60 valence electrons. The highest BCUT2D eigenvalue weighted by atomic mass is 19.3. The van der Waals surface area contributed by atoms with Gasteiger partial charge < -0.3 is 4.74 Å². The maximum Gasteiger partial charge on any atom is 0.387 e. The highest BCUT2D eigenvalue weighted by Gasteiger charge is 2.05. The predicted octanol–water partition coefficient (Wildman–Crippen LogP) is 2.61. The maximum absolute atomic E-state index is 11.6. The first-order valence-electron chi connectivity index (χ1n) is 3.25. The van der Waals surface area contributed by atoms with Crippen LogP contribution in [-0.2, 0) is 4.74 Å². The van der Waals surface area contributed by atoms with Gasteiger partial charge in [0.15, 0.2) is 0 Å². The average Bonchev–Trinajstić information content (AvgIpc) is 1.93. The molecule has 0 atom stereocenters. The molecule has 0 N–H and O–H groups in total. The lowest BCUT2D eigenvalue weighted by Crippen LogP contribution is -1.98. The average molecular weight is 158 g/mol. The number of alkyl halides is 2. The van der Waals surface area contributed by atoms with Crippen LogP contribution in [0.2, 0.25) is 0 Å². The first kappa shape index (κ1) is 8.02. The lowest BCUT2D eigenvalue weighted by molar-refractivity contribution is -0.0923. The monoisotopic (exact) mass is 158 g/mol. The minimum absolute atomic E-state index is 0.200. The van der Waals surface area contributed by atoms with Crippen LogP contribution in [0.3, 0.4) is 0 Å². The minimum atomic E-state index is -2.74. The van der Waals surface area contributed by atoms with E-state index >= 15 is 0 Å². The van der Waals surface area contributed by atoms with Gasteiger partial charge in [-0.05, 0) is 25.0 Å². The molecule has 0 fully saturated rings. The second-order valence-electron chi connectivity index (χ2n) is 2.26. The SMILES string of the molecule is CC1=C=CC(OC(F)F)=CC1. The summed E-state index contributed by atoms with van der Waals surface area (Å²) in [7, 11) is 0. The van der Waals surface area contributed by atoms with Crippen LogP contribution in [0.5, 0.6) is 0 Å². The minimum Gasteiger partial charge on any atom is -0.435 e. The van der Waals surface area contributed by atoms with Gasteiger partial charge in [-0.1, -0.05) is 0 Å². The Kier molecular flexibility index (Phi) is 2.44. The Bertz CT molecular complexity index is 234. The van der Waals surface area contributed by atoms with Crippen molar-refractivity contribution in [2.45, 2.75) is 20.0 Å². The molecule has 0 unspecified atom stereocenters. The summed E-state index contributed by atoms with van der Waals surface area (Å²) in [5.74, 6) is 0.200. The summed E-state index contributed by atoms with van der Waals surface area (Å²) >= 11 is 0. The smallest absolute Gasteiger partial charge is 0.387 e. The van der Waals surface area contributed by atoms with Crippen molar-refractivity contribution in [2.75, 3.05) is 0 Å². The van der Waals surface area contributed by atoms with Crippen molar-refractivity contribution < 1.29 is 13.5 Å². The van der Waals surface area contributed by atoms with Gasteiger partial charge in [-0.25, -0.2) is 0 Å². The molecular formula is C8H8F2O. The van der Waals surface area contributed by atoms with Gasteiger partial charge in [0.1, 0.15) is 5.76 Å². The summed E-state index contributed by atoms with van der Waals surface area (Å²) in [4.78, 5) is 0. The second kappa shape index (κ2) is 3.35. The lowest BCUT2D eigenvalue weighted by Gasteiger charge is -2.06. The van der Waals surface area contributed by atoms with E-state index in [1.165, 1.54) is 6.08 Å². The van der Waals surface area contributed by atoms with E-state index in [-0.39, 0.29) is 5.76 Å². The molecule has 0 aromatic carbocycles. The summed E-state index contributed by atoms with van der Waals surface area (Å²) in [6.07, 6.45) is 3.67. The van der Waals surface area contributed by atoms with E-state index < -0.39 is 6.61 Å². The Morgan fingerprint density at radius 2 is 2.36 bits per heavy atom. The van der Waals surface area contributed by atoms with E-state index in [1.54, 1.807) is 6.08 Å². The zero-order valence-corrected chi connectivity index (χ0v) is 6.10. The van der Waals surface area contributed by atoms with Crippen LogP contribution in [-0.4, -0.2) is 6.61 Å². The fraction of sp³-hybridized carbons (Fsp3) is 0.375. The van der Waals surface area contributed by atoms with Crippen LogP contribution in [0.15, 0.2) is 29.2 Å². The molecule has 0 aromatic rings. The van der Waals surface area contributed by atoms with E-state index in [4.69, 9.17) is 0 Å². The Labute approximate surface area is 63.7 Å². The molecule has 1 aliphatic carbocycles. The van der Waals surface area contributed by atoms with Gasteiger partial charge in [0.25, 0.3) is 0 Å². The molecule has 0 aromatic heterocycles. The van der Waals surface area contributed by atoms with Crippen molar-refractivity contribution in [3.05, 3.63) is 29.2 Å². The topological polar surface area (TPSA) is 9.23 Å². The van der Waals surface area contributed by atoms with Crippen molar-refractivity contribution in [1.82, 2.24) is 0 Å². The fourth-order valence-corrected chi connectivity index (χ4v) is 0.751. The number of hydrogen-bond acceptors (Lipinski definition) is 1. The van der Waals surface area contributed by atoms with Gasteiger partial charge in [-0.2, -0.15) is 8.78 Å². The van der Waals surface area contributed by atoms with Crippen LogP contribution in [0.1, 0.15) is 13.3 Å².